The number of fused-ring (bicyclic) bond motifs is 1. The highest BCUT2D eigenvalue weighted by atomic mass is 32.1. The molecule has 36 heavy (non-hydrogen) atoms. The highest BCUT2D eigenvalue weighted by Gasteiger charge is 2.15. The lowest BCUT2D eigenvalue weighted by atomic mass is 10.1. The first-order chi connectivity index (χ1) is 17.6. The Bertz CT molecular complexity index is 1490. The first-order valence-electron chi connectivity index (χ1n) is 11.4. The van der Waals surface area contributed by atoms with Crippen LogP contribution in [0, 0.1) is 0 Å². The smallest absolute Gasteiger partial charge is 0.265 e. The number of methoxy groups -OCH3 is 1. The summed E-state index contributed by atoms with van der Waals surface area (Å²) in [7, 11) is 1.66. The van der Waals surface area contributed by atoms with E-state index in [2.05, 4.69) is 38.4 Å². The summed E-state index contributed by atoms with van der Waals surface area (Å²) in [5.41, 5.74) is 9.34. The number of hydrogen-bond donors (Lipinski definition) is 2. The van der Waals surface area contributed by atoms with Crippen molar-refractivity contribution in [3.05, 3.63) is 107 Å². The summed E-state index contributed by atoms with van der Waals surface area (Å²) < 4.78 is 6.33. The van der Waals surface area contributed by atoms with Crippen molar-refractivity contribution in [1.29, 1.82) is 0 Å². The van der Waals surface area contributed by atoms with Gasteiger partial charge in [-0.15, -0.1) is 11.3 Å². The van der Waals surface area contributed by atoms with Gasteiger partial charge in [-0.25, -0.2) is 9.97 Å². The number of anilines is 3. The number of amides is 1. The van der Waals surface area contributed by atoms with Crippen LogP contribution in [0.1, 0.15) is 20.8 Å². The average molecular weight is 496 g/mol. The van der Waals surface area contributed by atoms with Gasteiger partial charge in [0.25, 0.3) is 5.91 Å². The molecule has 0 unspecified atom stereocenters. The zero-order valence-corrected chi connectivity index (χ0v) is 20.5. The number of nitrogen functional groups attached to an aromatic ring is 1. The number of hydrogen-bond acceptors (Lipinski definition) is 7. The lowest BCUT2D eigenvalue weighted by Gasteiger charge is -2.23. The summed E-state index contributed by atoms with van der Waals surface area (Å²) in [6.07, 6.45) is 3.49. The number of rotatable bonds is 8. The van der Waals surface area contributed by atoms with E-state index >= 15 is 0 Å². The molecule has 0 radical (unpaired) electrons. The number of nitrogens with one attached hydrogen (secondary N) is 1. The van der Waals surface area contributed by atoms with E-state index in [1.165, 1.54) is 11.3 Å². The van der Waals surface area contributed by atoms with E-state index in [1.54, 1.807) is 31.6 Å². The van der Waals surface area contributed by atoms with Gasteiger partial charge in [0.2, 0.25) is 5.95 Å². The van der Waals surface area contributed by atoms with Gasteiger partial charge in [-0.3, -0.25) is 4.79 Å². The minimum absolute atomic E-state index is 0.172. The number of nitrogens with two attached hydrogens (primary N) is 1. The number of aromatic nitrogens is 2. The maximum atomic E-state index is 12.8. The van der Waals surface area contributed by atoms with Gasteiger partial charge in [-0.1, -0.05) is 30.3 Å². The second kappa shape index (κ2) is 10.5. The van der Waals surface area contributed by atoms with E-state index in [-0.39, 0.29) is 5.91 Å². The Balaban J connectivity index is 1.37. The van der Waals surface area contributed by atoms with E-state index in [1.807, 2.05) is 48.5 Å². The molecule has 3 aromatic carbocycles. The third-order valence-electron chi connectivity index (χ3n) is 5.75. The Morgan fingerprint density at radius 2 is 1.67 bits per heavy atom. The van der Waals surface area contributed by atoms with Crippen LogP contribution >= 0.6 is 11.3 Å². The molecular formula is C28H25N5O2S. The molecule has 2 heterocycles. The topological polar surface area (TPSA) is 93.4 Å². The van der Waals surface area contributed by atoms with Crippen LogP contribution in [0.4, 0.5) is 17.3 Å². The van der Waals surface area contributed by atoms with Gasteiger partial charge >= 0.3 is 0 Å². The normalized spacial score (nSPS) is 10.8. The molecule has 0 fully saturated rings. The van der Waals surface area contributed by atoms with Gasteiger partial charge in [-0.05, 0) is 65.0 Å². The Morgan fingerprint density at radius 1 is 0.944 bits per heavy atom. The average Bonchev–Trinajstić information content (AvgIpc) is 3.34. The maximum absolute atomic E-state index is 12.8. The fraction of sp³-hybridized carbons (Fsp3) is 0.107. The molecule has 2 aromatic heterocycles. The number of carbonyl (C=O) groups excluding carboxylic acids is 1. The molecule has 0 aliphatic heterocycles. The van der Waals surface area contributed by atoms with Gasteiger partial charge in [0, 0.05) is 30.2 Å². The Hall–Kier alpha value is -4.43. The van der Waals surface area contributed by atoms with Crippen LogP contribution in [0.3, 0.4) is 0 Å². The molecular weight excluding hydrogens is 470 g/mol. The molecule has 5 rings (SSSR count). The molecule has 0 aliphatic rings. The van der Waals surface area contributed by atoms with Gasteiger partial charge in [0.1, 0.15) is 5.75 Å². The Kier molecular flexibility index (Phi) is 6.77. The van der Waals surface area contributed by atoms with Crippen LogP contribution in [0.5, 0.6) is 5.75 Å². The zero-order chi connectivity index (χ0) is 24.9. The lowest BCUT2D eigenvalue weighted by Crippen LogP contribution is -2.24. The van der Waals surface area contributed by atoms with Crippen molar-refractivity contribution >= 4 is 44.7 Å². The van der Waals surface area contributed by atoms with Crippen molar-refractivity contribution in [1.82, 2.24) is 9.97 Å². The van der Waals surface area contributed by atoms with E-state index in [4.69, 9.17) is 10.5 Å². The number of carbonyl (C=O) groups is 1. The highest BCUT2D eigenvalue weighted by Crippen LogP contribution is 2.29. The van der Waals surface area contributed by atoms with Crippen molar-refractivity contribution < 1.29 is 9.53 Å². The van der Waals surface area contributed by atoms with Crippen LogP contribution in [-0.2, 0) is 13.1 Å². The number of para-hydroxylation sites is 2. The fourth-order valence-corrected chi connectivity index (χ4v) is 4.86. The molecule has 180 valence electrons. The molecule has 3 N–H and O–H groups in total. The van der Waals surface area contributed by atoms with Crippen molar-refractivity contribution in [3.8, 4) is 5.75 Å². The van der Waals surface area contributed by atoms with E-state index in [0.717, 1.165) is 27.0 Å². The summed E-state index contributed by atoms with van der Waals surface area (Å²) in [6, 6.07) is 25.2. The van der Waals surface area contributed by atoms with Crippen LogP contribution in [-0.4, -0.2) is 23.0 Å². The van der Waals surface area contributed by atoms with Crippen LogP contribution in [0.25, 0.3) is 10.1 Å². The second-order valence-electron chi connectivity index (χ2n) is 8.28. The number of benzene rings is 3. The van der Waals surface area contributed by atoms with Crippen molar-refractivity contribution in [2.75, 3.05) is 23.1 Å². The van der Waals surface area contributed by atoms with Gasteiger partial charge in [0.15, 0.2) is 0 Å². The van der Waals surface area contributed by atoms with Crippen LogP contribution in [0.15, 0.2) is 91.3 Å². The van der Waals surface area contributed by atoms with Gasteiger partial charge in [-0.2, -0.15) is 0 Å². The monoisotopic (exact) mass is 495 g/mol. The number of nitrogens with zero attached hydrogens (tertiary/aromatic N) is 3. The predicted octanol–water partition coefficient (Wildman–Crippen LogP) is 5.74. The SMILES string of the molecule is COc1ccc(CN(Cc2ccc3sc(C(=O)Nc4ccccc4N)cc3c2)c2ncccn2)cc1. The Labute approximate surface area is 213 Å². The molecule has 5 aromatic rings. The molecule has 0 saturated heterocycles. The van der Waals surface area contributed by atoms with E-state index < -0.39 is 0 Å². The predicted molar refractivity (Wildman–Crippen MR) is 146 cm³/mol. The quantitative estimate of drug-likeness (QED) is 0.267. The van der Waals surface area contributed by atoms with E-state index in [0.29, 0.717) is 35.3 Å². The highest BCUT2D eigenvalue weighted by molar-refractivity contribution is 7.20. The van der Waals surface area contributed by atoms with E-state index in [9.17, 15) is 4.79 Å². The fourth-order valence-electron chi connectivity index (χ4n) is 3.92. The molecule has 0 spiro atoms. The molecule has 0 saturated carbocycles. The van der Waals surface area contributed by atoms with Gasteiger partial charge in [0.05, 0.1) is 23.4 Å². The largest absolute Gasteiger partial charge is 0.497 e. The molecule has 1 amide bonds. The van der Waals surface area contributed by atoms with Crippen molar-refractivity contribution in [2.24, 2.45) is 0 Å². The lowest BCUT2D eigenvalue weighted by molar-refractivity contribution is 0.103. The summed E-state index contributed by atoms with van der Waals surface area (Å²) in [4.78, 5) is 24.5. The molecule has 8 heteroatoms. The standard InChI is InChI=1S/C28H25N5O2S/c1-35-22-10-7-19(8-11-22)17-33(28-30-13-4-14-31-28)18-20-9-12-25-21(15-20)16-26(36-25)27(34)32-24-6-3-2-5-23(24)29/h2-16H,17-18,29H2,1H3,(H,32,34). The molecule has 7 nitrogen and oxygen atoms in total. The molecule has 0 bridgehead atoms. The molecule has 0 aliphatic carbocycles. The summed E-state index contributed by atoms with van der Waals surface area (Å²) >= 11 is 1.46. The number of thiophene rings is 1. The summed E-state index contributed by atoms with van der Waals surface area (Å²) in [5.74, 6) is 1.30. The Morgan fingerprint density at radius 3 is 2.42 bits per heavy atom. The maximum Gasteiger partial charge on any atom is 0.265 e. The third kappa shape index (κ3) is 5.29. The summed E-state index contributed by atoms with van der Waals surface area (Å²) in [5, 5.41) is 3.92. The first kappa shape index (κ1) is 23.3. The minimum atomic E-state index is -0.172. The van der Waals surface area contributed by atoms with Crippen molar-refractivity contribution in [2.45, 2.75) is 13.1 Å². The first-order valence-corrected chi connectivity index (χ1v) is 12.2. The zero-order valence-electron chi connectivity index (χ0n) is 19.7. The van der Waals surface area contributed by atoms with Crippen LogP contribution in [0.2, 0.25) is 0 Å². The van der Waals surface area contributed by atoms with Gasteiger partial charge < -0.3 is 20.7 Å². The third-order valence-corrected chi connectivity index (χ3v) is 6.87. The summed E-state index contributed by atoms with van der Waals surface area (Å²) in [6.45, 7) is 1.26. The second-order valence-corrected chi connectivity index (χ2v) is 9.36. The molecule has 0 atom stereocenters. The minimum Gasteiger partial charge on any atom is -0.497 e. The van der Waals surface area contributed by atoms with Crippen LogP contribution < -0.4 is 20.7 Å². The number of ether oxygens (including phenoxy) is 1. The van der Waals surface area contributed by atoms with Crippen molar-refractivity contribution in [3.63, 3.8) is 0 Å².